The van der Waals surface area contributed by atoms with Gasteiger partial charge in [-0.1, -0.05) is 0 Å². The summed E-state index contributed by atoms with van der Waals surface area (Å²) in [6.45, 7) is 3.18. The number of ether oxygens (including phenoxy) is 3. The maximum absolute atomic E-state index is 13.4. The molecule has 0 amide bonds. The average molecular weight is 509 g/mol. The zero-order valence-electron chi connectivity index (χ0n) is 20.7. The fraction of sp³-hybridized carbons (Fsp3) is 0.423. The third kappa shape index (κ3) is 3.95. The van der Waals surface area contributed by atoms with Crippen molar-refractivity contribution in [2.24, 2.45) is 0 Å². The summed E-state index contributed by atoms with van der Waals surface area (Å²) in [7, 11) is 4.00. The lowest BCUT2D eigenvalue weighted by Gasteiger charge is -2.23. The molecule has 1 aromatic carbocycles. The summed E-state index contributed by atoms with van der Waals surface area (Å²) in [5.74, 6) is 0.509. The number of rotatable bonds is 7. The van der Waals surface area contributed by atoms with Gasteiger partial charge >= 0.3 is 5.97 Å². The van der Waals surface area contributed by atoms with Crippen LogP contribution in [0.5, 0.6) is 11.5 Å². The number of aliphatic hydroxyl groups is 2. The van der Waals surface area contributed by atoms with E-state index in [0.29, 0.717) is 53.6 Å². The number of aromatic nitrogens is 2. The van der Waals surface area contributed by atoms with E-state index in [-0.39, 0.29) is 31.1 Å². The molecule has 37 heavy (non-hydrogen) atoms. The van der Waals surface area contributed by atoms with Crippen molar-refractivity contribution in [1.29, 1.82) is 0 Å². The molecule has 6 rings (SSSR count). The van der Waals surface area contributed by atoms with Crippen molar-refractivity contribution in [3.8, 4) is 22.9 Å². The molecule has 0 saturated heterocycles. The lowest BCUT2D eigenvalue weighted by atomic mass is 9.98. The Morgan fingerprint density at radius 3 is 2.57 bits per heavy atom. The van der Waals surface area contributed by atoms with Gasteiger partial charge in [0.1, 0.15) is 6.61 Å². The first kappa shape index (κ1) is 23.9. The minimum Gasteiger partial charge on any atom is -0.458 e. The van der Waals surface area contributed by atoms with E-state index in [0.717, 1.165) is 29.6 Å². The van der Waals surface area contributed by atoms with Crippen LogP contribution < -0.4 is 15.0 Å². The molecular weight excluding hydrogens is 480 g/mol. The smallest absolute Gasteiger partial charge is 0.340 e. The van der Waals surface area contributed by atoms with Crippen LogP contribution in [0.25, 0.3) is 22.3 Å². The quantitative estimate of drug-likeness (QED) is 0.343. The van der Waals surface area contributed by atoms with Crippen LogP contribution in [-0.2, 0) is 29.2 Å². The summed E-state index contributed by atoms with van der Waals surface area (Å²) in [6.07, 6.45) is -1.50. The van der Waals surface area contributed by atoms with Crippen LogP contribution in [0.4, 0.5) is 0 Å². The lowest BCUT2D eigenvalue weighted by molar-refractivity contribution is -0.157. The molecule has 3 aromatic rings. The Hall–Kier alpha value is -3.51. The third-order valence-electron chi connectivity index (χ3n) is 7.34. The summed E-state index contributed by atoms with van der Waals surface area (Å²) >= 11 is 0. The van der Waals surface area contributed by atoms with Crippen molar-refractivity contribution in [3.05, 3.63) is 50.8 Å². The number of hydrogen-bond acceptors (Lipinski definition) is 10. The number of nitrogens with zero attached hydrogens (tertiary/aromatic N) is 4. The van der Waals surface area contributed by atoms with Crippen LogP contribution >= 0.6 is 0 Å². The first-order valence-corrected chi connectivity index (χ1v) is 12.2. The van der Waals surface area contributed by atoms with Gasteiger partial charge in [-0.2, -0.15) is 0 Å². The van der Waals surface area contributed by atoms with E-state index in [2.05, 4.69) is 9.80 Å². The minimum absolute atomic E-state index is 0.109. The van der Waals surface area contributed by atoms with Gasteiger partial charge in [0.15, 0.2) is 17.6 Å². The molecule has 0 aliphatic carbocycles. The number of carbonyl (C=O) groups is 1. The maximum atomic E-state index is 13.4. The van der Waals surface area contributed by atoms with E-state index in [1.807, 2.05) is 26.2 Å². The molecule has 0 bridgehead atoms. The molecule has 3 aliphatic heterocycles. The molecule has 0 radical (unpaired) electrons. The normalized spacial score (nSPS) is 17.4. The SMILES string of the molecule is CN(CCO)CCN(C)Cc1c2c(nc3cc4c(cc13)OCO4)-c1cc3c(c(=O)n1C2)COC(=O)C3O. The molecule has 5 heterocycles. The van der Waals surface area contributed by atoms with E-state index in [1.54, 1.807) is 10.6 Å². The zero-order valence-corrected chi connectivity index (χ0v) is 20.7. The number of esters is 1. The average Bonchev–Trinajstić information content (AvgIpc) is 3.49. The summed E-state index contributed by atoms with van der Waals surface area (Å²) < 4.78 is 17.9. The number of hydrogen-bond donors (Lipinski definition) is 2. The van der Waals surface area contributed by atoms with E-state index in [4.69, 9.17) is 19.2 Å². The van der Waals surface area contributed by atoms with Crippen molar-refractivity contribution in [2.45, 2.75) is 25.8 Å². The van der Waals surface area contributed by atoms with Gasteiger partial charge in [0.2, 0.25) is 6.79 Å². The van der Waals surface area contributed by atoms with Crippen LogP contribution in [0.15, 0.2) is 23.0 Å². The fourth-order valence-corrected chi connectivity index (χ4v) is 5.25. The standard InChI is InChI=1S/C26H28N4O7/c1-28(5-6-31)3-4-29(2)10-16-14-8-21-22(37-13-36-21)9-19(14)27-23-17(16)11-30-20(23)7-15-18(25(30)33)12-35-26(34)24(15)32/h7-9,24,31-32H,3-6,10-13H2,1-2H3. The number of pyridine rings is 2. The molecule has 194 valence electrons. The highest BCUT2D eigenvalue weighted by molar-refractivity contribution is 5.91. The van der Waals surface area contributed by atoms with Crippen molar-refractivity contribution in [2.75, 3.05) is 47.1 Å². The number of likely N-dealkylation sites (N-methyl/N-ethyl adjacent to an activating group) is 2. The largest absolute Gasteiger partial charge is 0.458 e. The van der Waals surface area contributed by atoms with Crippen molar-refractivity contribution < 1.29 is 29.2 Å². The predicted octanol–water partition coefficient (Wildman–Crippen LogP) is 0.600. The highest BCUT2D eigenvalue weighted by Crippen LogP contribution is 2.42. The van der Waals surface area contributed by atoms with E-state index < -0.39 is 12.1 Å². The summed E-state index contributed by atoms with van der Waals surface area (Å²) in [4.78, 5) is 34.6. The van der Waals surface area contributed by atoms with E-state index in [9.17, 15) is 19.8 Å². The van der Waals surface area contributed by atoms with Crippen molar-refractivity contribution in [1.82, 2.24) is 19.4 Å². The number of cyclic esters (lactones) is 1. The van der Waals surface area contributed by atoms with Crippen molar-refractivity contribution >= 4 is 16.9 Å². The molecule has 1 atom stereocenters. The van der Waals surface area contributed by atoms with Gasteiger partial charge in [0.25, 0.3) is 5.56 Å². The topological polar surface area (TPSA) is 127 Å². The summed E-state index contributed by atoms with van der Waals surface area (Å²) in [5, 5.41) is 20.5. The second-order valence-corrected chi connectivity index (χ2v) is 9.77. The molecule has 0 saturated carbocycles. The molecule has 0 spiro atoms. The highest BCUT2D eigenvalue weighted by atomic mass is 16.7. The lowest BCUT2D eigenvalue weighted by Crippen LogP contribution is -2.33. The van der Waals surface area contributed by atoms with Crippen molar-refractivity contribution in [3.63, 3.8) is 0 Å². The third-order valence-corrected chi connectivity index (χ3v) is 7.34. The summed E-state index contributed by atoms with van der Waals surface area (Å²) in [5.41, 5.74) is 4.15. The summed E-state index contributed by atoms with van der Waals surface area (Å²) in [6, 6.07) is 5.48. The van der Waals surface area contributed by atoms with Crippen LogP contribution in [0.2, 0.25) is 0 Å². The van der Waals surface area contributed by atoms with Gasteiger partial charge in [-0.05, 0) is 31.8 Å². The minimum atomic E-state index is -1.50. The maximum Gasteiger partial charge on any atom is 0.340 e. The first-order valence-electron chi connectivity index (χ1n) is 12.2. The zero-order chi connectivity index (χ0) is 25.8. The first-order chi connectivity index (χ1) is 17.9. The molecule has 2 aromatic heterocycles. The second kappa shape index (κ2) is 9.10. The van der Waals surface area contributed by atoms with E-state index >= 15 is 0 Å². The monoisotopic (exact) mass is 508 g/mol. The number of carbonyl (C=O) groups excluding carboxylic acids is 1. The molecule has 11 nitrogen and oxygen atoms in total. The van der Waals surface area contributed by atoms with Crippen LogP contribution in [0.1, 0.15) is 28.4 Å². The molecule has 3 aliphatic rings. The van der Waals surface area contributed by atoms with Crippen LogP contribution in [0.3, 0.4) is 0 Å². The molecule has 1 unspecified atom stereocenters. The Balaban J connectivity index is 1.47. The Morgan fingerprint density at radius 1 is 1.03 bits per heavy atom. The van der Waals surface area contributed by atoms with Crippen LogP contribution in [0, 0.1) is 0 Å². The Morgan fingerprint density at radius 2 is 1.78 bits per heavy atom. The molecule has 0 fully saturated rings. The highest BCUT2D eigenvalue weighted by Gasteiger charge is 2.35. The van der Waals surface area contributed by atoms with Crippen LogP contribution in [-0.4, -0.2) is 82.7 Å². The number of benzene rings is 1. The fourth-order valence-electron chi connectivity index (χ4n) is 5.25. The Bertz CT molecular complexity index is 1480. The van der Waals surface area contributed by atoms with Gasteiger partial charge in [-0.3, -0.25) is 4.79 Å². The molecule has 2 N–H and O–H groups in total. The molecular formula is C26H28N4O7. The second-order valence-electron chi connectivity index (χ2n) is 9.77. The number of fused-ring (bicyclic) bond motifs is 6. The Kier molecular flexibility index (Phi) is 5.87. The Labute approximate surface area is 212 Å². The van der Waals surface area contributed by atoms with Gasteiger partial charge in [0, 0.05) is 48.8 Å². The van der Waals surface area contributed by atoms with E-state index in [1.165, 1.54) is 0 Å². The van der Waals surface area contributed by atoms with Gasteiger partial charge in [-0.25, -0.2) is 9.78 Å². The predicted molar refractivity (Wildman–Crippen MR) is 132 cm³/mol. The number of aliphatic hydroxyl groups excluding tert-OH is 2. The van der Waals surface area contributed by atoms with Gasteiger partial charge < -0.3 is 38.8 Å². The van der Waals surface area contributed by atoms with Gasteiger partial charge in [0.05, 0.1) is 35.6 Å². The molecule has 11 heteroatoms. The van der Waals surface area contributed by atoms with Gasteiger partial charge in [-0.15, -0.1) is 0 Å².